The van der Waals surface area contributed by atoms with Crippen LogP contribution in [0.1, 0.15) is 35.3 Å². The third kappa shape index (κ3) is 3.73. The van der Waals surface area contributed by atoms with Crippen molar-refractivity contribution in [2.45, 2.75) is 13.8 Å². The second kappa shape index (κ2) is 6.98. The number of nitrogens with zero attached hydrogens (tertiary/aromatic N) is 1. The highest BCUT2D eigenvalue weighted by Crippen LogP contribution is 2.24. The summed E-state index contributed by atoms with van der Waals surface area (Å²) in [5, 5.41) is 3.66. The second-order valence-corrected chi connectivity index (χ2v) is 5.62. The number of Topliss-reactive ketones (excluding diaryl/α,β-unsaturated/α-hetero) is 1. The van der Waals surface area contributed by atoms with Crippen molar-refractivity contribution in [3.63, 3.8) is 0 Å². The summed E-state index contributed by atoms with van der Waals surface area (Å²) < 4.78 is 0. The van der Waals surface area contributed by atoms with E-state index in [2.05, 4.69) is 22.1 Å². The first kappa shape index (κ1) is 16.4. The molecule has 0 spiro atoms. The number of aromatic nitrogens is 1. The minimum absolute atomic E-state index is 0.0325. The van der Waals surface area contributed by atoms with E-state index in [0.29, 0.717) is 16.8 Å². The number of rotatable bonds is 2. The number of hydrogen-bond donors (Lipinski definition) is 1. The number of pyridine rings is 1. The molecule has 0 aliphatic rings. The van der Waals surface area contributed by atoms with Crippen LogP contribution in [-0.4, -0.2) is 16.7 Å². The number of anilines is 1. The van der Waals surface area contributed by atoms with Crippen LogP contribution >= 0.6 is 0 Å². The Balaban J connectivity index is 2.00. The third-order valence-corrected chi connectivity index (χ3v) is 3.71. The van der Waals surface area contributed by atoms with E-state index < -0.39 is 0 Å². The third-order valence-electron chi connectivity index (χ3n) is 3.71. The maximum Gasteiger partial charge on any atom is 0.221 e. The summed E-state index contributed by atoms with van der Waals surface area (Å²) in [7, 11) is 0. The zero-order valence-electron chi connectivity index (χ0n) is 14.0. The minimum atomic E-state index is -0.142. The Morgan fingerprint density at radius 2 is 1.72 bits per heavy atom. The van der Waals surface area contributed by atoms with Crippen LogP contribution in [0.4, 0.5) is 5.69 Å². The number of carbonyl (C=O) groups excluding carboxylic acids is 2. The maximum absolute atomic E-state index is 11.3. The molecule has 0 saturated heterocycles. The average Bonchev–Trinajstić information content (AvgIpc) is 2.61. The van der Waals surface area contributed by atoms with E-state index in [1.165, 1.54) is 13.8 Å². The Hall–Kier alpha value is -3.45. The van der Waals surface area contributed by atoms with Gasteiger partial charge >= 0.3 is 0 Å². The molecule has 4 heteroatoms. The van der Waals surface area contributed by atoms with E-state index in [9.17, 15) is 9.59 Å². The molecule has 4 nitrogen and oxygen atoms in total. The molecule has 0 aliphatic heterocycles. The smallest absolute Gasteiger partial charge is 0.221 e. The van der Waals surface area contributed by atoms with E-state index in [1.807, 2.05) is 30.3 Å². The fourth-order valence-corrected chi connectivity index (χ4v) is 2.50. The van der Waals surface area contributed by atoms with Gasteiger partial charge in [0.15, 0.2) is 5.78 Å². The number of fused-ring (bicyclic) bond motifs is 1. The zero-order valence-corrected chi connectivity index (χ0v) is 14.0. The van der Waals surface area contributed by atoms with Crippen LogP contribution in [0.15, 0.2) is 54.7 Å². The molecule has 2 aromatic carbocycles. The summed E-state index contributed by atoms with van der Waals surface area (Å²) in [6.45, 7) is 3.00. The number of nitrogens with one attached hydrogen (secondary N) is 1. The first-order valence-corrected chi connectivity index (χ1v) is 7.83. The molecule has 0 radical (unpaired) electrons. The molecule has 1 amide bonds. The SMILES string of the molecule is CC(=O)Nc1ccc(C#Cc2ccc(C(C)=O)cc2)c2cccnc12. The van der Waals surface area contributed by atoms with Crippen molar-refractivity contribution >= 4 is 28.3 Å². The lowest BCUT2D eigenvalue weighted by molar-refractivity contribution is -0.114. The lowest BCUT2D eigenvalue weighted by Gasteiger charge is -2.07. The number of hydrogen-bond acceptors (Lipinski definition) is 3. The van der Waals surface area contributed by atoms with E-state index in [-0.39, 0.29) is 11.7 Å². The van der Waals surface area contributed by atoms with Crippen molar-refractivity contribution in [1.29, 1.82) is 0 Å². The minimum Gasteiger partial charge on any atom is -0.324 e. The molecule has 1 N–H and O–H groups in total. The van der Waals surface area contributed by atoms with Crippen LogP contribution in [0.25, 0.3) is 10.9 Å². The fraction of sp³-hybridized carbons (Fsp3) is 0.0952. The van der Waals surface area contributed by atoms with Gasteiger partial charge in [-0.1, -0.05) is 24.0 Å². The molecule has 0 fully saturated rings. The zero-order chi connectivity index (χ0) is 17.8. The van der Waals surface area contributed by atoms with Crippen molar-refractivity contribution in [2.75, 3.05) is 5.32 Å². The van der Waals surface area contributed by atoms with Crippen LogP contribution in [0.5, 0.6) is 0 Å². The van der Waals surface area contributed by atoms with Crippen molar-refractivity contribution in [3.05, 3.63) is 71.4 Å². The number of amides is 1. The first-order chi connectivity index (χ1) is 12.0. The topological polar surface area (TPSA) is 59.1 Å². The van der Waals surface area contributed by atoms with Crippen LogP contribution < -0.4 is 5.32 Å². The molecule has 1 aromatic heterocycles. The average molecular weight is 328 g/mol. The highest BCUT2D eigenvalue weighted by Gasteiger charge is 2.06. The van der Waals surface area contributed by atoms with Crippen LogP contribution in [0.3, 0.4) is 0 Å². The number of benzene rings is 2. The standard InChI is InChI=1S/C21H16N2O2/c1-14(24)17-8-5-16(6-9-17)7-10-18-11-12-20(23-15(2)25)21-19(18)4-3-13-22-21/h3-6,8-9,11-13H,1-2H3,(H,23,25). The summed E-state index contributed by atoms with van der Waals surface area (Å²) in [5.74, 6) is 6.14. The normalized spacial score (nSPS) is 10.0. The van der Waals surface area contributed by atoms with E-state index >= 15 is 0 Å². The Morgan fingerprint density at radius 1 is 0.960 bits per heavy atom. The lowest BCUT2D eigenvalue weighted by Crippen LogP contribution is -2.06. The summed E-state index contributed by atoms with van der Waals surface area (Å²) in [6, 6.07) is 14.6. The van der Waals surface area contributed by atoms with Gasteiger partial charge in [-0.2, -0.15) is 0 Å². The second-order valence-electron chi connectivity index (χ2n) is 5.62. The molecule has 1 heterocycles. The number of carbonyl (C=O) groups is 2. The van der Waals surface area contributed by atoms with Gasteiger partial charge in [-0.05, 0) is 43.3 Å². The van der Waals surface area contributed by atoms with Crippen LogP contribution in [0, 0.1) is 11.8 Å². The lowest BCUT2D eigenvalue weighted by atomic mass is 10.1. The number of ketones is 1. The van der Waals surface area contributed by atoms with E-state index in [1.54, 1.807) is 24.4 Å². The molecule has 0 bridgehead atoms. The van der Waals surface area contributed by atoms with Gasteiger partial charge < -0.3 is 5.32 Å². The van der Waals surface area contributed by atoms with Gasteiger partial charge in [-0.3, -0.25) is 14.6 Å². The van der Waals surface area contributed by atoms with Gasteiger partial charge in [0.25, 0.3) is 0 Å². The Kier molecular flexibility index (Phi) is 4.58. The van der Waals surface area contributed by atoms with Gasteiger partial charge in [0.05, 0.1) is 11.2 Å². The molecular weight excluding hydrogens is 312 g/mol. The molecule has 122 valence electrons. The Labute approximate surface area is 145 Å². The monoisotopic (exact) mass is 328 g/mol. The highest BCUT2D eigenvalue weighted by molar-refractivity contribution is 6.01. The fourth-order valence-electron chi connectivity index (χ4n) is 2.50. The van der Waals surface area contributed by atoms with Crippen LogP contribution in [-0.2, 0) is 4.79 Å². The van der Waals surface area contributed by atoms with E-state index in [4.69, 9.17) is 0 Å². The van der Waals surface area contributed by atoms with Gasteiger partial charge in [-0.15, -0.1) is 0 Å². The maximum atomic E-state index is 11.3. The predicted octanol–water partition coefficient (Wildman–Crippen LogP) is 3.80. The summed E-state index contributed by atoms with van der Waals surface area (Å²) in [5.41, 5.74) is 3.69. The van der Waals surface area contributed by atoms with Crippen molar-refractivity contribution in [3.8, 4) is 11.8 Å². The van der Waals surface area contributed by atoms with Gasteiger partial charge in [0.1, 0.15) is 0 Å². The molecule has 0 atom stereocenters. The molecule has 0 saturated carbocycles. The first-order valence-electron chi connectivity index (χ1n) is 7.83. The van der Waals surface area contributed by atoms with Gasteiger partial charge in [0.2, 0.25) is 5.91 Å². The largest absolute Gasteiger partial charge is 0.324 e. The Bertz CT molecular complexity index is 1030. The molecule has 25 heavy (non-hydrogen) atoms. The molecule has 0 unspecified atom stereocenters. The van der Waals surface area contributed by atoms with Gasteiger partial charge in [-0.25, -0.2) is 0 Å². The summed E-state index contributed by atoms with van der Waals surface area (Å²) >= 11 is 0. The molecule has 0 aliphatic carbocycles. The molecule has 3 rings (SSSR count). The van der Waals surface area contributed by atoms with Crippen molar-refractivity contribution < 1.29 is 9.59 Å². The predicted molar refractivity (Wildman–Crippen MR) is 98.5 cm³/mol. The van der Waals surface area contributed by atoms with E-state index in [0.717, 1.165) is 16.5 Å². The highest BCUT2D eigenvalue weighted by atomic mass is 16.1. The quantitative estimate of drug-likeness (QED) is 0.575. The summed E-state index contributed by atoms with van der Waals surface area (Å²) in [4.78, 5) is 27.0. The summed E-state index contributed by atoms with van der Waals surface area (Å²) in [6.07, 6.45) is 1.69. The molecule has 3 aromatic rings. The van der Waals surface area contributed by atoms with Crippen LogP contribution in [0.2, 0.25) is 0 Å². The van der Waals surface area contributed by atoms with Gasteiger partial charge in [0, 0.05) is 35.2 Å². The van der Waals surface area contributed by atoms with Crippen molar-refractivity contribution in [2.24, 2.45) is 0 Å². The molecular formula is C21H16N2O2. The Morgan fingerprint density at radius 3 is 2.40 bits per heavy atom. The van der Waals surface area contributed by atoms with Crippen molar-refractivity contribution in [1.82, 2.24) is 4.98 Å².